The normalized spacial score (nSPS) is 10.9. The molecule has 0 atom stereocenters. The van der Waals surface area contributed by atoms with Crippen molar-refractivity contribution < 1.29 is 4.79 Å². The molecule has 2 aromatic heterocycles. The quantitative estimate of drug-likeness (QED) is 0.405. The standard InChI is InChI=1S/C26H28N6O/c1-18-19(2)31-32(20(18)3)24-15-14-23(29-30-24)27-16-17-28-26(33)25(21-10-6-4-7-11-21)22-12-8-5-9-13-22/h4-15,25H,16-17H2,1-3H3,(H,27,29)(H,28,33). The van der Waals surface area contributed by atoms with Gasteiger partial charge < -0.3 is 10.6 Å². The second kappa shape index (κ2) is 10.1. The fourth-order valence-corrected chi connectivity index (χ4v) is 3.74. The summed E-state index contributed by atoms with van der Waals surface area (Å²) in [5.74, 6) is 0.941. The molecule has 0 spiro atoms. The molecule has 0 fully saturated rings. The minimum Gasteiger partial charge on any atom is -0.367 e. The maximum absolute atomic E-state index is 13.0. The van der Waals surface area contributed by atoms with Crippen molar-refractivity contribution in [2.24, 2.45) is 0 Å². The highest BCUT2D eigenvalue weighted by molar-refractivity contribution is 5.87. The van der Waals surface area contributed by atoms with E-state index < -0.39 is 0 Å². The number of carbonyl (C=O) groups excluding carboxylic acids is 1. The van der Waals surface area contributed by atoms with Gasteiger partial charge in [0.2, 0.25) is 5.91 Å². The topological polar surface area (TPSA) is 84.7 Å². The number of anilines is 1. The number of nitrogens with one attached hydrogen (secondary N) is 2. The van der Waals surface area contributed by atoms with Crippen LogP contribution in [0.5, 0.6) is 0 Å². The van der Waals surface area contributed by atoms with Crippen molar-refractivity contribution >= 4 is 11.7 Å². The predicted octanol–water partition coefficient (Wildman–Crippen LogP) is 3.95. The largest absolute Gasteiger partial charge is 0.367 e. The molecule has 0 unspecified atom stereocenters. The maximum Gasteiger partial charge on any atom is 0.232 e. The predicted molar refractivity (Wildman–Crippen MR) is 130 cm³/mol. The van der Waals surface area contributed by atoms with Crippen LogP contribution in [0.25, 0.3) is 5.82 Å². The Morgan fingerprint density at radius 3 is 2.00 bits per heavy atom. The van der Waals surface area contributed by atoms with Crippen molar-refractivity contribution in [2.75, 3.05) is 18.4 Å². The van der Waals surface area contributed by atoms with E-state index in [0.29, 0.717) is 24.7 Å². The zero-order chi connectivity index (χ0) is 23.2. The van der Waals surface area contributed by atoms with Crippen LogP contribution in [0, 0.1) is 20.8 Å². The Labute approximate surface area is 193 Å². The Morgan fingerprint density at radius 2 is 1.48 bits per heavy atom. The smallest absolute Gasteiger partial charge is 0.232 e. The first-order valence-corrected chi connectivity index (χ1v) is 11.0. The average molecular weight is 441 g/mol. The highest BCUT2D eigenvalue weighted by atomic mass is 16.1. The second-order valence-corrected chi connectivity index (χ2v) is 7.96. The molecule has 4 rings (SSSR count). The molecule has 7 nitrogen and oxygen atoms in total. The number of aromatic nitrogens is 4. The van der Waals surface area contributed by atoms with E-state index in [1.54, 1.807) is 4.68 Å². The number of nitrogens with zero attached hydrogens (tertiary/aromatic N) is 4. The third kappa shape index (κ3) is 5.09. The van der Waals surface area contributed by atoms with Gasteiger partial charge in [0, 0.05) is 18.8 Å². The Balaban J connectivity index is 1.35. The molecular weight excluding hydrogens is 412 g/mol. The highest BCUT2D eigenvalue weighted by Gasteiger charge is 2.22. The first kappa shape index (κ1) is 22.2. The van der Waals surface area contributed by atoms with Gasteiger partial charge in [-0.05, 0) is 49.6 Å². The second-order valence-electron chi connectivity index (χ2n) is 7.96. The molecule has 1 amide bonds. The van der Waals surface area contributed by atoms with E-state index in [1.807, 2.05) is 93.6 Å². The van der Waals surface area contributed by atoms with Gasteiger partial charge in [-0.1, -0.05) is 60.7 Å². The monoisotopic (exact) mass is 440 g/mol. The summed E-state index contributed by atoms with van der Waals surface area (Å²) in [6, 6.07) is 23.4. The van der Waals surface area contributed by atoms with Gasteiger partial charge >= 0.3 is 0 Å². The van der Waals surface area contributed by atoms with Crippen LogP contribution in [-0.2, 0) is 4.79 Å². The number of rotatable bonds is 8. The SMILES string of the molecule is Cc1nn(-c2ccc(NCCNC(=O)C(c3ccccc3)c3ccccc3)nn2)c(C)c1C. The minimum atomic E-state index is -0.351. The molecule has 0 saturated carbocycles. The zero-order valence-corrected chi connectivity index (χ0v) is 19.1. The Kier molecular flexibility index (Phi) is 6.78. The van der Waals surface area contributed by atoms with Gasteiger partial charge in [0.05, 0.1) is 11.6 Å². The van der Waals surface area contributed by atoms with Crippen molar-refractivity contribution in [3.63, 3.8) is 0 Å². The molecule has 4 aromatic rings. The van der Waals surface area contributed by atoms with E-state index in [9.17, 15) is 4.79 Å². The first-order chi connectivity index (χ1) is 16.0. The van der Waals surface area contributed by atoms with Crippen LogP contribution < -0.4 is 10.6 Å². The highest BCUT2D eigenvalue weighted by Crippen LogP contribution is 2.24. The minimum absolute atomic E-state index is 0.0319. The summed E-state index contributed by atoms with van der Waals surface area (Å²) >= 11 is 0. The Morgan fingerprint density at radius 1 is 0.848 bits per heavy atom. The molecule has 2 aromatic carbocycles. The third-order valence-electron chi connectivity index (χ3n) is 5.78. The molecule has 7 heteroatoms. The average Bonchev–Trinajstić information content (AvgIpc) is 3.11. The molecule has 0 aliphatic rings. The molecule has 168 valence electrons. The molecule has 0 saturated heterocycles. The van der Waals surface area contributed by atoms with Crippen molar-refractivity contribution in [3.8, 4) is 5.82 Å². The summed E-state index contributed by atoms with van der Waals surface area (Å²) in [6.07, 6.45) is 0. The fourth-order valence-electron chi connectivity index (χ4n) is 3.74. The molecule has 0 aliphatic heterocycles. The Bertz CT molecular complexity index is 1160. The number of benzene rings is 2. The Hall–Kier alpha value is -4.00. The molecule has 2 N–H and O–H groups in total. The van der Waals surface area contributed by atoms with E-state index in [4.69, 9.17) is 0 Å². The molecule has 0 radical (unpaired) electrons. The van der Waals surface area contributed by atoms with Crippen LogP contribution in [0.15, 0.2) is 72.8 Å². The van der Waals surface area contributed by atoms with Crippen molar-refractivity contribution in [1.29, 1.82) is 0 Å². The van der Waals surface area contributed by atoms with Crippen LogP contribution in [0.2, 0.25) is 0 Å². The van der Waals surface area contributed by atoms with E-state index in [-0.39, 0.29) is 11.8 Å². The molecule has 33 heavy (non-hydrogen) atoms. The summed E-state index contributed by atoms with van der Waals surface area (Å²) < 4.78 is 1.80. The summed E-state index contributed by atoms with van der Waals surface area (Å²) in [6.45, 7) is 7.05. The third-order valence-corrected chi connectivity index (χ3v) is 5.78. The number of hydrogen-bond donors (Lipinski definition) is 2. The van der Waals surface area contributed by atoms with Gasteiger partial charge in [-0.2, -0.15) is 5.10 Å². The fraction of sp³-hybridized carbons (Fsp3) is 0.231. The number of amides is 1. The zero-order valence-electron chi connectivity index (χ0n) is 19.1. The molecule has 2 heterocycles. The van der Waals surface area contributed by atoms with Crippen molar-refractivity contribution in [3.05, 3.63) is 101 Å². The lowest BCUT2D eigenvalue weighted by Crippen LogP contribution is -2.33. The lowest BCUT2D eigenvalue weighted by atomic mass is 9.90. The van der Waals surface area contributed by atoms with Crippen LogP contribution in [0.4, 0.5) is 5.82 Å². The molecular formula is C26H28N6O. The summed E-state index contributed by atoms with van der Waals surface area (Å²) in [7, 11) is 0. The van der Waals surface area contributed by atoms with Crippen molar-refractivity contribution in [2.45, 2.75) is 26.7 Å². The number of hydrogen-bond acceptors (Lipinski definition) is 5. The van der Waals surface area contributed by atoms with E-state index >= 15 is 0 Å². The van der Waals surface area contributed by atoms with Crippen LogP contribution in [-0.4, -0.2) is 39.0 Å². The maximum atomic E-state index is 13.0. The van der Waals surface area contributed by atoms with Gasteiger partial charge in [0.25, 0.3) is 0 Å². The molecule has 0 aliphatic carbocycles. The van der Waals surface area contributed by atoms with Crippen LogP contribution in [0.1, 0.15) is 34.0 Å². The first-order valence-electron chi connectivity index (χ1n) is 11.0. The van der Waals surface area contributed by atoms with Gasteiger partial charge in [-0.25, -0.2) is 4.68 Å². The van der Waals surface area contributed by atoms with E-state index in [2.05, 4.69) is 25.9 Å². The summed E-state index contributed by atoms with van der Waals surface area (Å²) in [5.41, 5.74) is 5.12. The van der Waals surface area contributed by atoms with Gasteiger partial charge in [0.1, 0.15) is 5.82 Å². The number of carbonyl (C=O) groups is 1. The van der Waals surface area contributed by atoms with Crippen LogP contribution >= 0.6 is 0 Å². The van der Waals surface area contributed by atoms with E-state index in [1.165, 1.54) is 0 Å². The van der Waals surface area contributed by atoms with Gasteiger partial charge in [0.15, 0.2) is 5.82 Å². The lowest BCUT2D eigenvalue weighted by molar-refractivity contribution is -0.121. The summed E-state index contributed by atoms with van der Waals surface area (Å²) in [5, 5.41) is 19.3. The van der Waals surface area contributed by atoms with E-state index in [0.717, 1.165) is 28.1 Å². The molecule has 0 bridgehead atoms. The number of aryl methyl sites for hydroxylation is 1. The lowest BCUT2D eigenvalue weighted by Gasteiger charge is -2.18. The summed E-state index contributed by atoms with van der Waals surface area (Å²) in [4.78, 5) is 13.0. The van der Waals surface area contributed by atoms with Gasteiger partial charge in [-0.3, -0.25) is 4.79 Å². The van der Waals surface area contributed by atoms with Crippen LogP contribution in [0.3, 0.4) is 0 Å². The van der Waals surface area contributed by atoms with Gasteiger partial charge in [-0.15, -0.1) is 10.2 Å². The van der Waals surface area contributed by atoms with Crippen molar-refractivity contribution in [1.82, 2.24) is 25.3 Å².